The topological polar surface area (TPSA) is 91.8 Å². The first-order chi connectivity index (χ1) is 5.72. The van der Waals surface area contributed by atoms with Gasteiger partial charge in [-0.3, -0.25) is 9.48 Å². The fourth-order valence-electron chi connectivity index (χ4n) is 0.669. The molecule has 62 valence electrons. The van der Waals surface area contributed by atoms with Crippen LogP contribution in [0.4, 0.5) is 0 Å². The van der Waals surface area contributed by atoms with Crippen LogP contribution >= 0.6 is 0 Å². The quantitative estimate of drug-likeness (QED) is 0.661. The van der Waals surface area contributed by atoms with E-state index in [0.717, 1.165) is 0 Å². The predicted octanol–water partition coefficient (Wildman–Crippen LogP) is -0.376. The summed E-state index contributed by atoms with van der Waals surface area (Å²) in [5.41, 5.74) is 0.195. The lowest BCUT2D eigenvalue weighted by Crippen LogP contribution is -2.04. The predicted molar refractivity (Wildman–Crippen MR) is 37.0 cm³/mol. The molecule has 0 bridgehead atoms. The van der Waals surface area contributed by atoms with Crippen LogP contribution in [0.1, 0.15) is 12.1 Å². The molecule has 1 N–H and O–H groups in total. The molecule has 0 radical (unpaired) electrons. The molecule has 0 aliphatic rings. The van der Waals surface area contributed by atoms with E-state index in [1.54, 1.807) is 6.07 Å². The number of nitrogens with zero attached hydrogens (tertiary/aromatic N) is 4. The van der Waals surface area contributed by atoms with Gasteiger partial charge in [0.15, 0.2) is 5.69 Å². The van der Waals surface area contributed by atoms with Crippen molar-refractivity contribution in [3.63, 3.8) is 0 Å². The van der Waals surface area contributed by atoms with E-state index < -0.39 is 5.97 Å². The minimum atomic E-state index is -0.899. The maximum absolute atomic E-state index is 10.1. The van der Waals surface area contributed by atoms with Gasteiger partial charge in [-0.2, -0.15) is 5.26 Å². The summed E-state index contributed by atoms with van der Waals surface area (Å²) in [6.07, 6.45) is 1.39. The monoisotopic (exact) mass is 166 g/mol. The smallest absolute Gasteiger partial charge is 0.305 e. The van der Waals surface area contributed by atoms with Gasteiger partial charge in [-0.25, -0.2) is 0 Å². The van der Waals surface area contributed by atoms with Crippen LogP contribution in [0.3, 0.4) is 0 Å². The number of aryl methyl sites for hydroxylation is 1. The van der Waals surface area contributed by atoms with Crippen LogP contribution in [0, 0.1) is 11.3 Å². The van der Waals surface area contributed by atoms with Crippen molar-refractivity contribution in [1.29, 1.82) is 5.26 Å². The van der Waals surface area contributed by atoms with Crippen LogP contribution < -0.4 is 0 Å². The number of carbonyl (C=O) groups is 1. The Labute approximate surface area is 68.0 Å². The average Bonchev–Trinajstić information content (AvgIpc) is 2.48. The third kappa shape index (κ3) is 2.05. The largest absolute Gasteiger partial charge is 0.481 e. The maximum Gasteiger partial charge on any atom is 0.305 e. The van der Waals surface area contributed by atoms with E-state index in [9.17, 15) is 4.79 Å². The van der Waals surface area contributed by atoms with Gasteiger partial charge in [0.1, 0.15) is 6.07 Å². The standard InChI is InChI=1S/C6H6N4O2/c7-3-5-4-10(9-8-5)2-1-6(11)12/h4H,1-2H2,(H,11,12). The molecule has 0 fully saturated rings. The van der Waals surface area contributed by atoms with Crippen molar-refractivity contribution >= 4 is 5.97 Å². The molecule has 0 saturated carbocycles. The molecule has 0 aliphatic heterocycles. The van der Waals surface area contributed by atoms with Crippen LogP contribution in [0.15, 0.2) is 6.20 Å². The SMILES string of the molecule is N#Cc1cn(CCC(=O)O)nn1. The Morgan fingerprint density at radius 1 is 1.83 bits per heavy atom. The van der Waals surface area contributed by atoms with Crippen molar-refractivity contribution in [2.45, 2.75) is 13.0 Å². The van der Waals surface area contributed by atoms with Crippen molar-refractivity contribution in [3.8, 4) is 6.07 Å². The number of nitriles is 1. The number of aliphatic carboxylic acids is 1. The Hall–Kier alpha value is -1.90. The van der Waals surface area contributed by atoms with Crippen molar-refractivity contribution in [2.24, 2.45) is 0 Å². The molecule has 1 rings (SSSR count). The first-order valence-corrected chi connectivity index (χ1v) is 3.24. The van der Waals surface area contributed by atoms with Crippen LogP contribution in [0.2, 0.25) is 0 Å². The van der Waals surface area contributed by atoms with Crippen molar-refractivity contribution in [2.75, 3.05) is 0 Å². The average molecular weight is 166 g/mol. The zero-order valence-corrected chi connectivity index (χ0v) is 6.14. The second-order valence-electron chi connectivity index (χ2n) is 2.12. The molecule has 0 saturated heterocycles. The normalized spacial score (nSPS) is 9.25. The zero-order valence-electron chi connectivity index (χ0n) is 6.14. The summed E-state index contributed by atoms with van der Waals surface area (Å²) in [6.45, 7) is 0.240. The van der Waals surface area contributed by atoms with Crippen LogP contribution in [0.5, 0.6) is 0 Å². The molecule has 6 heteroatoms. The Morgan fingerprint density at radius 2 is 2.58 bits per heavy atom. The lowest BCUT2D eigenvalue weighted by molar-refractivity contribution is -0.137. The molecule has 0 aliphatic carbocycles. The summed E-state index contributed by atoms with van der Waals surface area (Å²) >= 11 is 0. The first kappa shape index (κ1) is 8.20. The molecule has 0 unspecified atom stereocenters. The third-order valence-corrected chi connectivity index (χ3v) is 1.21. The molecule has 1 aromatic heterocycles. The van der Waals surface area contributed by atoms with Crippen LogP contribution in [-0.4, -0.2) is 26.1 Å². The highest BCUT2D eigenvalue weighted by atomic mass is 16.4. The summed E-state index contributed by atoms with van der Waals surface area (Å²) in [5.74, 6) is -0.899. The van der Waals surface area contributed by atoms with E-state index in [1.807, 2.05) is 0 Å². The van der Waals surface area contributed by atoms with Gasteiger partial charge in [-0.15, -0.1) is 5.10 Å². The maximum atomic E-state index is 10.1. The van der Waals surface area contributed by atoms with Crippen molar-refractivity contribution < 1.29 is 9.90 Å². The van der Waals surface area contributed by atoms with Gasteiger partial charge in [0.25, 0.3) is 0 Å². The number of hydrogen-bond acceptors (Lipinski definition) is 4. The van der Waals surface area contributed by atoms with E-state index in [1.165, 1.54) is 10.9 Å². The first-order valence-electron chi connectivity index (χ1n) is 3.24. The summed E-state index contributed by atoms with van der Waals surface area (Å²) in [4.78, 5) is 10.1. The summed E-state index contributed by atoms with van der Waals surface area (Å²) in [7, 11) is 0. The van der Waals surface area contributed by atoms with Crippen LogP contribution in [-0.2, 0) is 11.3 Å². The fourth-order valence-corrected chi connectivity index (χ4v) is 0.669. The molecule has 0 amide bonds. The Balaban J connectivity index is 2.54. The minimum Gasteiger partial charge on any atom is -0.481 e. The van der Waals surface area contributed by atoms with E-state index in [4.69, 9.17) is 10.4 Å². The number of aromatic nitrogens is 3. The van der Waals surface area contributed by atoms with Gasteiger partial charge in [0, 0.05) is 0 Å². The molecule has 0 atom stereocenters. The molecule has 6 nitrogen and oxygen atoms in total. The lowest BCUT2D eigenvalue weighted by Gasteiger charge is -1.93. The number of carboxylic acid groups (broad SMARTS) is 1. The third-order valence-electron chi connectivity index (χ3n) is 1.21. The highest BCUT2D eigenvalue weighted by molar-refractivity contribution is 5.66. The molecule has 1 aromatic rings. The summed E-state index contributed by atoms with van der Waals surface area (Å²) in [5, 5.41) is 23.7. The molecule has 0 aromatic carbocycles. The second-order valence-corrected chi connectivity index (χ2v) is 2.12. The summed E-state index contributed by atoms with van der Waals surface area (Å²) in [6, 6.07) is 1.79. The van der Waals surface area contributed by atoms with E-state index >= 15 is 0 Å². The van der Waals surface area contributed by atoms with Gasteiger partial charge in [-0.1, -0.05) is 5.21 Å². The Bertz CT molecular complexity index is 325. The lowest BCUT2D eigenvalue weighted by atomic mass is 10.4. The zero-order chi connectivity index (χ0) is 8.97. The fraction of sp³-hybridized carbons (Fsp3) is 0.333. The van der Waals surface area contributed by atoms with Crippen LogP contribution in [0.25, 0.3) is 0 Å². The Kier molecular flexibility index (Phi) is 2.38. The van der Waals surface area contributed by atoms with Gasteiger partial charge in [0.05, 0.1) is 19.2 Å². The van der Waals surface area contributed by atoms with Gasteiger partial charge in [-0.05, 0) is 0 Å². The van der Waals surface area contributed by atoms with E-state index in [2.05, 4.69) is 10.3 Å². The number of carboxylic acids is 1. The van der Waals surface area contributed by atoms with E-state index in [-0.39, 0.29) is 18.7 Å². The molecule has 1 heterocycles. The summed E-state index contributed by atoms with van der Waals surface area (Å²) < 4.78 is 1.33. The van der Waals surface area contributed by atoms with Gasteiger partial charge in [0.2, 0.25) is 0 Å². The molecular weight excluding hydrogens is 160 g/mol. The van der Waals surface area contributed by atoms with Crippen molar-refractivity contribution in [1.82, 2.24) is 15.0 Å². The highest BCUT2D eigenvalue weighted by Crippen LogP contribution is 1.91. The molecular formula is C6H6N4O2. The van der Waals surface area contributed by atoms with Crippen molar-refractivity contribution in [3.05, 3.63) is 11.9 Å². The molecule has 0 spiro atoms. The highest BCUT2D eigenvalue weighted by Gasteiger charge is 2.01. The van der Waals surface area contributed by atoms with E-state index in [0.29, 0.717) is 0 Å². The second kappa shape index (κ2) is 3.48. The molecule has 12 heavy (non-hydrogen) atoms. The number of rotatable bonds is 3. The minimum absolute atomic E-state index is 0.0196. The number of hydrogen-bond donors (Lipinski definition) is 1. The Morgan fingerprint density at radius 3 is 3.08 bits per heavy atom. The van der Waals surface area contributed by atoms with Gasteiger partial charge < -0.3 is 5.11 Å². The van der Waals surface area contributed by atoms with Gasteiger partial charge >= 0.3 is 5.97 Å².